The molecule has 0 radical (unpaired) electrons. The van der Waals surface area contributed by atoms with Gasteiger partial charge >= 0.3 is 0 Å². The fourth-order valence-corrected chi connectivity index (χ4v) is 4.06. The van der Waals surface area contributed by atoms with Crippen LogP contribution in [-0.2, 0) is 0 Å². The van der Waals surface area contributed by atoms with Gasteiger partial charge in [-0.2, -0.15) is 0 Å². The first-order valence-electron chi connectivity index (χ1n) is 8.37. The van der Waals surface area contributed by atoms with E-state index in [1.54, 1.807) is 0 Å². The fourth-order valence-electron chi connectivity index (χ4n) is 4.06. The van der Waals surface area contributed by atoms with Crippen LogP contribution in [0.5, 0.6) is 0 Å². The van der Waals surface area contributed by atoms with Crippen molar-refractivity contribution in [3.05, 3.63) is 0 Å². The summed E-state index contributed by atoms with van der Waals surface area (Å²) in [6.45, 7) is 2.84. The standard InChI is InChI=1S/C16H32N2O/c1-17-16-9-4-2-3-7-14(16)13-18-11-6-5-8-15(18)10-12-19/h14-17,19H,2-13H2,1H3. The van der Waals surface area contributed by atoms with Crippen molar-refractivity contribution in [1.82, 2.24) is 10.2 Å². The van der Waals surface area contributed by atoms with Crippen LogP contribution in [0.1, 0.15) is 57.8 Å². The third-order valence-electron chi connectivity index (χ3n) is 5.21. The van der Waals surface area contributed by atoms with Crippen LogP contribution in [0.3, 0.4) is 0 Å². The number of aliphatic hydroxyl groups excluding tert-OH is 1. The number of rotatable bonds is 5. The molecular formula is C16H32N2O. The van der Waals surface area contributed by atoms with E-state index in [-0.39, 0.29) is 0 Å². The van der Waals surface area contributed by atoms with Crippen molar-refractivity contribution in [1.29, 1.82) is 0 Å². The van der Waals surface area contributed by atoms with E-state index in [2.05, 4.69) is 17.3 Å². The van der Waals surface area contributed by atoms with Crippen molar-refractivity contribution in [2.45, 2.75) is 69.9 Å². The van der Waals surface area contributed by atoms with Crippen molar-refractivity contribution in [2.75, 3.05) is 26.7 Å². The monoisotopic (exact) mass is 268 g/mol. The fraction of sp³-hybridized carbons (Fsp3) is 1.00. The maximum Gasteiger partial charge on any atom is 0.0445 e. The van der Waals surface area contributed by atoms with Crippen LogP contribution in [0.2, 0.25) is 0 Å². The third kappa shape index (κ3) is 4.44. The summed E-state index contributed by atoms with van der Waals surface area (Å²) >= 11 is 0. The molecule has 2 N–H and O–H groups in total. The zero-order chi connectivity index (χ0) is 13.5. The third-order valence-corrected chi connectivity index (χ3v) is 5.21. The molecule has 3 nitrogen and oxygen atoms in total. The molecule has 1 heterocycles. The molecule has 3 atom stereocenters. The van der Waals surface area contributed by atoms with Gasteiger partial charge in [-0.1, -0.05) is 25.7 Å². The topological polar surface area (TPSA) is 35.5 Å². The Labute approximate surface area is 118 Å². The van der Waals surface area contributed by atoms with Gasteiger partial charge in [-0.3, -0.25) is 4.90 Å². The molecule has 0 amide bonds. The molecule has 0 bridgehead atoms. The van der Waals surface area contributed by atoms with Gasteiger partial charge in [-0.25, -0.2) is 0 Å². The van der Waals surface area contributed by atoms with E-state index in [1.165, 1.54) is 64.5 Å². The smallest absolute Gasteiger partial charge is 0.0445 e. The van der Waals surface area contributed by atoms with Crippen LogP contribution in [0.15, 0.2) is 0 Å². The highest BCUT2D eigenvalue weighted by Gasteiger charge is 2.28. The van der Waals surface area contributed by atoms with Gasteiger partial charge in [-0.05, 0) is 51.6 Å². The second-order valence-electron chi connectivity index (χ2n) is 6.45. The minimum Gasteiger partial charge on any atom is -0.396 e. The molecule has 1 aliphatic heterocycles. The van der Waals surface area contributed by atoms with Crippen LogP contribution >= 0.6 is 0 Å². The highest BCUT2D eigenvalue weighted by atomic mass is 16.3. The molecule has 2 aliphatic rings. The van der Waals surface area contributed by atoms with Crippen LogP contribution in [-0.4, -0.2) is 48.8 Å². The summed E-state index contributed by atoms with van der Waals surface area (Å²) in [5, 5.41) is 12.8. The number of likely N-dealkylation sites (tertiary alicyclic amines) is 1. The predicted octanol–water partition coefficient (Wildman–Crippen LogP) is 2.39. The molecule has 3 unspecified atom stereocenters. The first-order chi connectivity index (χ1) is 9.35. The largest absolute Gasteiger partial charge is 0.396 e. The molecule has 19 heavy (non-hydrogen) atoms. The average molecular weight is 268 g/mol. The molecule has 0 aromatic rings. The second-order valence-corrected chi connectivity index (χ2v) is 6.45. The average Bonchev–Trinajstić information content (AvgIpc) is 2.66. The summed E-state index contributed by atoms with van der Waals surface area (Å²) in [5.74, 6) is 0.812. The molecule has 2 rings (SSSR count). The molecule has 3 heteroatoms. The SMILES string of the molecule is CNC1CCCCCC1CN1CCCCC1CCO. The van der Waals surface area contributed by atoms with E-state index in [9.17, 15) is 5.11 Å². The van der Waals surface area contributed by atoms with Gasteiger partial charge in [0.05, 0.1) is 0 Å². The lowest BCUT2D eigenvalue weighted by atomic mass is 9.91. The molecule has 0 spiro atoms. The van der Waals surface area contributed by atoms with Gasteiger partial charge in [0.2, 0.25) is 0 Å². The molecule has 1 saturated heterocycles. The zero-order valence-corrected chi connectivity index (χ0v) is 12.6. The normalized spacial score (nSPS) is 34.1. The van der Waals surface area contributed by atoms with Crippen LogP contribution in [0.4, 0.5) is 0 Å². The number of hydrogen-bond donors (Lipinski definition) is 2. The molecule has 1 aliphatic carbocycles. The second kappa shape index (κ2) is 8.23. The molecule has 112 valence electrons. The Balaban J connectivity index is 1.91. The van der Waals surface area contributed by atoms with Crippen molar-refractivity contribution in [3.63, 3.8) is 0 Å². The lowest BCUT2D eigenvalue weighted by Gasteiger charge is -2.39. The summed E-state index contributed by atoms with van der Waals surface area (Å²) in [4.78, 5) is 2.68. The summed E-state index contributed by atoms with van der Waals surface area (Å²) < 4.78 is 0. The van der Waals surface area contributed by atoms with Gasteiger partial charge in [0.25, 0.3) is 0 Å². The Bertz CT molecular complexity index is 245. The van der Waals surface area contributed by atoms with E-state index in [4.69, 9.17) is 0 Å². The first-order valence-corrected chi connectivity index (χ1v) is 8.37. The Kier molecular flexibility index (Phi) is 6.62. The van der Waals surface area contributed by atoms with Gasteiger partial charge < -0.3 is 10.4 Å². The number of nitrogens with zero attached hydrogens (tertiary/aromatic N) is 1. The summed E-state index contributed by atoms with van der Waals surface area (Å²) in [7, 11) is 2.13. The quantitative estimate of drug-likeness (QED) is 0.752. The maximum atomic E-state index is 9.25. The molecule has 0 aromatic carbocycles. The van der Waals surface area contributed by atoms with Crippen molar-refractivity contribution in [2.24, 2.45) is 5.92 Å². The summed E-state index contributed by atoms with van der Waals surface area (Å²) in [5.41, 5.74) is 0. The minimum absolute atomic E-state index is 0.349. The van der Waals surface area contributed by atoms with Crippen molar-refractivity contribution >= 4 is 0 Å². The Morgan fingerprint density at radius 2 is 1.84 bits per heavy atom. The predicted molar refractivity (Wildman–Crippen MR) is 80.3 cm³/mol. The lowest BCUT2D eigenvalue weighted by molar-refractivity contribution is 0.0914. The summed E-state index contributed by atoms with van der Waals surface area (Å²) in [6, 6.07) is 1.35. The van der Waals surface area contributed by atoms with Gasteiger partial charge in [0, 0.05) is 25.2 Å². The first kappa shape index (κ1) is 15.3. The van der Waals surface area contributed by atoms with E-state index in [0.29, 0.717) is 18.7 Å². The zero-order valence-electron chi connectivity index (χ0n) is 12.6. The van der Waals surface area contributed by atoms with Gasteiger partial charge in [0.1, 0.15) is 0 Å². The lowest BCUT2D eigenvalue weighted by Crippen LogP contribution is -2.46. The highest BCUT2D eigenvalue weighted by molar-refractivity contribution is 4.85. The van der Waals surface area contributed by atoms with Crippen LogP contribution in [0.25, 0.3) is 0 Å². The van der Waals surface area contributed by atoms with Crippen LogP contribution in [0, 0.1) is 5.92 Å². The highest BCUT2D eigenvalue weighted by Crippen LogP contribution is 2.27. The Morgan fingerprint density at radius 1 is 1.05 bits per heavy atom. The number of piperidine rings is 1. The molecular weight excluding hydrogens is 236 g/mol. The minimum atomic E-state index is 0.349. The van der Waals surface area contributed by atoms with Crippen LogP contribution < -0.4 is 5.32 Å². The molecule has 2 fully saturated rings. The van der Waals surface area contributed by atoms with Crippen molar-refractivity contribution in [3.8, 4) is 0 Å². The molecule has 1 saturated carbocycles. The Morgan fingerprint density at radius 3 is 2.63 bits per heavy atom. The maximum absolute atomic E-state index is 9.25. The Hall–Kier alpha value is -0.120. The summed E-state index contributed by atoms with van der Waals surface area (Å²) in [6.07, 6.45) is 11.9. The number of hydrogen-bond acceptors (Lipinski definition) is 3. The van der Waals surface area contributed by atoms with E-state index < -0.39 is 0 Å². The van der Waals surface area contributed by atoms with E-state index >= 15 is 0 Å². The van der Waals surface area contributed by atoms with E-state index in [1.807, 2.05) is 0 Å². The number of nitrogens with one attached hydrogen (secondary N) is 1. The van der Waals surface area contributed by atoms with Gasteiger partial charge in [-0.15, -0.1) is 0 Å². The van der Waals surface area contributed by atoms with Gasteiger partial charge in [0.15, 0.2) is 0 Å². The number of aliphatic hydroxyl groups is 1. The van der Waals surface area contributed by atoms with Crippen molar-refractivity contribution < 1.29 is 5.11 Å². The molecule has 0 aromatic heterocycles. The van der Waals surface area contributed by atoms with E-state index in [0.717, 1.165) is 12.3 Å².